The lowest BCUT2D eigenvalue weighted by Crippen LogP contribution is -2.29. The molecule has 2 aromatic carbocycles. The Morgan fingerprint density at radius 3 is 2.71 bits per heavy atom. The van der Waals surface area contributed by atoms with Crippen LogP contribution in [-0.2, 0) is 0 Å². The number of hydrogen-bond acceptors (Lipinski definition) is 4. The van der Waals surface area contributed by atoms with Gasteiger partial charge in [-0.1, -0.05) is 35.9 Å². The van der Waals surface area contributed by atoms with E-state index in [1.54, 1.807) is 6.33 Å². The van der Waals surface area contributed by atoms with Gasteiger partial charge in [0, 0.05) is 23.0 Å². The second-order valence-corrected chi connectivity index (χ2v) is 6.69. The molecule has 0 saturated carbocycles. The molecule has 0 amide bonds. The molecule has 0 spiro atoms. The van der Waals surface area contributed by atoms with Gasteiger partial charge >= 0.3 is 0 Å². The number of hydrogen-bond donors (Lipinski definition) is 1. The molecule has 1 fully saturated rings. The van der Waals surface area contributed by atoms with Gasteiger partial charge in [0.1, 0.15) is 12.1 Å². The summed E-state index contributed by atoms with van der Waals surface area (Å²) in [6.45, 7) is 1.05. The number of likely N-dealkylation sites (tertiary alicyclic amines) is 1. The van der Waals surface area contributed by atoms with Gasteiger partial charge in [-0.05, 0) is 43.3 Å². The molecule has 1 N–H and O–H groups in total. The van der Waals surface area contributed by atoms with Gasteiger partial charge in [-0.3, -0.25) is 4.90 Å². The number of aromatic nitrogens is 2. The lowest BCUT2D eigenvalue weighted by molar-refractivity contribution is 0.309. The fourth-order valence-corrected chi connectivity index (χ4v) is 3.67. The molecule has 4 rings (SSSR count). The monoisotopic (exact) mass is 338 g/mol. The summed E-state index contributed by atoms with van der Waals surface area (Å²) in [5, 5.41) is 5.48. The summed E-state index contributed by atoms with van der Waals surface area (Å²) in [7, 11) is 2.17. The van der Waals surface area contributed by atoms with Gasteiger partial charge in [0.05, 0.1) is 11.6 Å². The zero-order valence-electron chi connectivity index (χ0n) is 13.5. The van der Waals surface area contributed by atoms with E-state index in [0.717, 1.165) is 34.7 Å². The molecule has 0 radical (unpaired) electrons. The maximum Gasteiger partial charge on any atom is 0.137 e. The van der Waals surface area contributed by atoms with Crippen molar-refractivity contribution in [3.8, 4) is 0 Å². The highest BCUT2D eigenvalue weighted by Crippen LogP contribution is 2.34. The fourth-order valence-electron chi connectivity index (χ4n) is 3.54. The molecule has 0 bridgehead atoms. The average molecular weight is 339 g/mol. The quantitative estimate of drug-likeness (QED) is 0.779. The molecule has 24 heavy (non-hydrogen) atoms. The van der Waals surface area contributed by atoms with E-state index < -0.39 is 0 Å². The van der Waals surface area contributed by atoms with Crippen LogP contribution in [0.1, 0.15) is 18.0 Å². The van der Waals surface area contributed by atoms with E-state index in [1.807, 2.05) is 30.3 Å². The number of halogens is 1. The molecule has 1 aliphatic rings. The number of likely N-dealkylation sites (N-methyl/N-ethyl adjacent to an activating group) is 1. The summed E-state index contributed by atoms with van der Waals surface area (Å²) in [5.74, 6) is 0.903. The van der Waals surface area contributed by atoms with Gasteiger partial charge in [-0.25, -0.2) is 9.97 Å². The number of anilines is 1. The first-order valence-corrected chi connectivity index (χ1v) is 8.52. The van der Waals surface area contributed by atoms with Crippen molar-refractivity contribution in [2.45, 2.75) is 18.5 Å². The smallest absolute Gasteiger partial charge is 0.137 e. The lowest BCUT2D eigenvalue weighted by atomic mass is 10.00. The minimum atomic E-state index is 0.300. The van der Waals surface area contributed by atoms with Crippen molar-refractivity contribution in [2.75, 3.05) is 18.9 Å². The SMILES string of the molecule is CN1CCC(Nc2ncnc3ccccc23)C1c1ccc(Cl)cc1. The van der Waals surface area contributed by atoms with Crippen LogP contribution >= 0.6 is 11.6 Å². The first-order chi connectivity index (χ1) is 11.7. The third-order valence-electron chi connectivity index (χ3n) is 4.73. The third-order valence-corrected chi connectivity index (χ3v) is 4.98. The standard InChI is InChI=1S/C19H19ClN4/c1-24-11-10-17(18(24)13-6-8-14(20)9-7-13)23-19-15-4-2-3-5-16(15)21-12-22-19/h2-9,12,17-18H,10-11H2,1H3,(H,21,22,23). The molecule has 4 nitrogen and oxygen atoms in total. The van der Waals surface area contributed by atoms with Gasteiger partial charge in [-0.15, -0.1) is 0 Å². The maximum absolute atomic E-state index is 6.04. The first kappa shape index (κ1) is 15.4. The highest BCUT2D eigenvalue weighted by Gasteiger charge is 2.33. The van der Waals surface area contributed by atoms with Gasteiger partial charge in [-0.2, -0.15) is 0 Å². The van der Waals surface area contributed by atoms with Crippen LogP contribution in [0.2, 0.25) is 5.02 Å². The highest BCUT2D eigenvalue weighted by atomic mass is 35.5. The average Bonchev–Trinajstić information content (AvgIpc) is 2.97. The zero-order chi connectivity index (χ0) is 16.5. The number of para-hydroxylation sites is 1. The van der Waals surface area contributed by atoms with Crippen LogP contribution in [0, 0.1) is 0 Å². The third kappa shape index (κ3) is 2.83. The van der Waals surface area contributed by atoms with Crippen LogP contribution in [0.3, 0.4) is 0 Å². The van der Waals surface area contributed by atoms with Crippen molar-refractivity contribution < 1.29 is 0 Å². The van der Waals surface area contributed by atoms with Crippen molar-refractivity contribution in [2.24, 2.45) is 0 Å². The van der Waals surface area contributed by atoms with Crippen molar-refractivity contribution in [3.05, 3.63) is 65.4 Å². The van der Waals surface area contributed by atoms with Crippen LogP contribution in [0.15, 0.2) is 54.9 Å². The molecular weight excluding hydrogens is 320 g/mol. The summed E-state index contributed by atoms with van der Waals surface area (Å²) in [6, 6.07) is 16.8. The van der Waals surface area contributed by atoms with Crippen LogP contribution in [0.5, 0.6) is 0 Å². The summed E-state index contributed by atoms with van der Waals surface area (Å²) in [5.41, 5.74) is 2.24. The molecule has 1 aromatic heterocycles. The normalized spacial score (nSPS) is 21.2. The lowest BCUT2D eigenvalue weighted by Gasteiger charge is -2.27. The second kappa shape index (κ2) is 6.38. The Morgan fingerprint density at radius 2 is 1.88 bits per heavy atom. The van der Waals surface area contributed by atoms with Gasteiger partial charge < -0.3 is 5.32 Å². The van der Waals surface area contributed by atoms with E-state index in [9.17, 15) is 0 Å². The number of nitrogens with one attached hydrogen (secondary N) is 1. The summed E-state index contributed by atoms with van der Waals surface area (Å²) < 4.78 is 0. The van der Waals surface area contributed by atoms with Gasteiger partial charge in [0.25, 0.3) is 0 Å². The number of nitrogens with zero attached hydrogens (tertiary/aromatic N) is 3. The minimum absolute atomic E-state index is 0.300. The van der Waals surface area contributed by atoms with Crippen LogP contribution < -0.4 is 5.32 Å². The molecule has 1 saturated heterocycles. The van der Waals surface area contributed by atoms with E-state index in [4.69, 9.17) is 11.6 Å². The van der Waals surface area contributed by atoms with E-state index in [2.05, 4.69) is 45.4 Å². The Labute approximate surface area is 146 Å². The maximum atomic E-state index is 6.04. The predicted octanol–water partition coefficient (Wildman–Crippen LogP) is 4.14. The zero-order valence-corrected chi connectivity index (χ0v) is 14.2. The van der Waals surface area contributed by atoms with Crippen LogP contribution in [-0.4, -0.2) is 34.5 Å². The topological polar surface area (TPSA) is 41.0 Å². The Kier molecular flexibility index (Phi) is 4.08. The number of fused-ring (bicyclic) bond motifs is 1. The van der Waals surface area contributed by atoms with E-state index in [-0.39, 0.29) is 0 Å². The number of benzene rings is 2. The van der Waals surface area contributed by atoms with E-state index in [1.165, 1.54) is 5.56 Å². The molecule has 2 atom stereocenters. The Balaban J connectivity index is 1.66. The summed E-state index contributed by atoms with van der Waals surface area (Å²) in [6.07, 6.45) is 2.70. The summed E-state index contributed by atoms with van der Waals surface area (Å²) >= 11 is 6.04. The molecular formula is C19H19ClN4. The minimum Gasteiger partial charge on any atom is -0.365 e. The Bertz CT molecular complexity index is 844. The first-order valence-electron chi connectivity index (χ1n) is 8.14. The van der Waals surface area contributed by atoms with Gasteiger partial charge in [0.2, 0.25) is 0 Å². The van der Waals surface area contributed by atoms with Gasteiger partial charge in [0.15, 0.2) is 0 Å². The molecule has 0 aliphatic carbocycles. The van der Waals surface area contributed by atoms with E-state index in [0.29, 0.717) is 12.1 Å². The summed E-state index contributed by atoms with van der Waals surface area (Å²) in [4.78, 5) is 11.2. The molecule has 2 unspecified atom stereocenters. The van der Waals surface area contributed by atoms with Crippen molar-refractivity contribution in [1.82, 2.24) is 14.9 Å². The van der Waals surface area contributed by atoms with Crippen LogP contribution in [0.4, 0.5) is 5.82 Å². The molecule has 3 aromatic rings. The van der Waals surface area contributed by atoms with Crippen molar-refractivity contribution in [1.29, 1.82) is 0 Å². The van der Waals surface area contributed by atoms with E-state index >= 15 is 0 Å². The Hall–Kier alpha value is -2.17. The molecule has 122 valence electrons. The van der Waals surface area contributed by atoms with Crippen LogP contribution in [0.25, 0.3) is 10.9 Å². The molecule has 2 heterocycles. The molecule has 5 heteroatoms. The van der Waals surface area contributed by atoms with Crippen molar-refractivity contribution in [3.63, 3.8) is 0 Å². The Morgan fingerprint density at radius 1 is 1.08 bits per heavy atom. The molecule has 1 aliphatic heterocycles. The predicted molar refractivity (Wildman–Crippen MR) is 98.4 cm³/mol. The largest absolute Gasteiger partial charge is 0.365 e. The fraction of sp³-hybridized carbons (Fsp3) is 0.263. The second-order valence-electron chi connectivity index (χ2n) is 6.26. The highest BCUT2D eigenvalue weighted by molar-refractivity contribution is 6.30. The van der Waals surface area contributed by atoms with Crippen molar-refractivity contribution >= 4 is 28.3 Å². The number of rotatable bonds is 3.